The fourth-order valence-electron chi connectivity index (χ4n) is 2.76. The first kappa shape index (κ1) is 13.5. The van der Waals surface area contributed by atoms with E-state index in [0.717, 1.165) is 27.5 Å². The maximum atomic E-state index is 12.2. The van der Waals surface area contributed by atoms with E-state index in [4.69, 9.17) is 4.42 Å². The van der Waals surface area contributed by atoms with Gasteiger partial charge in [-0.25, -0.2) is 0 Å². The number of allylic oxidation sites excluding steroid dienone is 1. The van der Waals surface area contributed by atoms with Crippen LogP contribution in [0.3, 0.4) is 0 Å². The molecule has 1 heterocycles. The van der Waals surface area contributed by atoms with Gasteiger partial charge in [0.25, 0.3) is 0 Å². The fourth-order valence-corrected chi connectivity index (χ4v) is 2.76. The lowest BCUT2D eigenvalue weighted by atomic mass is 10.1. The third-order valence-corrected chi connectivity index (χ3v) is 3.91. The van der Waals surface area contributed by atoms with Gasteiger partial charge < -0.3 is 4.42 Å². The first-order valence-corrected chi connectivity index (χ1v) is 7.51. The van der Waals surface area contributed by atoms with E-state index in [1.165, 1.54) is 0 Å². The van der Waals surface area contributed by atoms with Crippen LogP contribution in [-0.2, 0) is 0 Å². The molecule has 4 aromatic rings. The molecule has 0 aliphatic rings. The van der Waals surface area contributed by atoms with Gasteiger partial charge in [0, 0.05) is 21.9 Å². The molecular formula is C21H14O2. The first-order chi connectivity index (χ1) is 11.3. The summed E-state index contributed by atoms with van der Waals surface area (Å²) in [6.45, 7) is 0. The van der Waals surface area contributed by atoms with Crippen LogP contribution in [0, 0.1) is 0 Å². The van der Waals surface area contributed by atoms with Gasteiger partial charge in [-0.15, -0.1) is 0 Å². The molecule has 0 atom stereocenters. The molecule has 0 saturated carbocycles. The zero-order valence-electron chi connectivity index (χ0n) is 12.4. The van der Waals surface area contributed by atoms with E-state index in [-0.39, 0.29) is 5.78 Å². The van der Waals surface area contributed by atoms with Crippen molar-refractivity contribution in [1.29, 1.82) is 0 Å². The second kappa shape index (κ2) is 5.58. The van der Waals surface area contributed by atoms with E-state index in [0.29, 0.717) is 5.56 Å². The van der Waals surface area contributed by atoms with Crippen molar-refractivity contribution in [3.63, 3.8) is 0 Å². The highest BCUT2D eigenvalue weighted by Gasteiger charge is 2.08. The van der Waals surface area contributed by atoms with Gasteiger partial charge in [0.1, 0.15) is 11.2 Å². The molecule has 2 heteroatoms. The Kier molecular flexibility index (Phi) is 3.28. The number of para-hydroxylation sites is 2. The van der Waals surface area contributed by atoms with Gasteiger partial charge in [-0.2, -0.15) is 0 Å². The first-order valence-electron chi connectivity index (χ1n) is 7.51. The maximum absolute atomic E-state index is 12.2. The lowest BCUT2D eigenvalue weighted by Gasteiger charge is -1.96. The standard InChI is InChI=1S/C21H14O2/c22-19(15-7-2-1-3-8-15)14-13-16-9-6-11-18-17-10-4-5-12-20(17)23-21(16)18/h1-14H/b14-13+. The minimum Gasteiger partial charge on any atom is -0.455 e. The number of ketones is 1. The molecule has 0 aliphatic heterocycles. The van der Waals surface area contributed by atoms with Crippen molar-refractivity contribution in [1.82, 2.24) is 0 Å². The van der Waals surface area contributed by atoms with Gasteiger partial charge in [-0.1, -0.05) is 66.7 Å². The summed E-state index contributed by atoms with van der Waals surface area (Å²) >= 11 is 0. The third kappa shape index (κ3) is 2.44. The van der Waals surface area contributed by atoms with Gasteiger partial charge in [-0.3, -0.25) is 4.79 Å². The van der Waals surface area contributed by atoms with E-state index < -0.39 is 0 Å². The monoisotopic (exact) mass is 298 g/mol. The summed E-state index contributed by atoms with van der Waals surface area (Å²) in [6.07, 6.45) is 3.41. The number of hydrogen-bond acceptors (Lipinski definition) is 2. The van der Waals surface area contributed by atoms with Crippen LogP contribution in [0.1, 0.15) is 15.9 Å². The lowest BCUT2D eigenvalue weighted by molar-refractivity contribution is 0.104. The van der Waals surface area contributed by atoms with Gasteiger partial charge in [-0.05, 0) is 18.2 Å². The van der Waals surface area contributed by atoms with E-state index in [1.54, 1.807) is 6.08 Å². The van der Waals surface area contributed by atoms with Crippen LogP contribution in [0.5, 0.6) is 0 Å². The van der Waals surface area contributed by atoms with Gasteiger partial charge >= 0.3 is 0 Å². The van der Waals surface area contributed by atoms with Crippen LogP contribution in [0.2, 0.25) is 0 Å². The highest BCUT2D eigenvalue weighted by atomic mass is 16.3. The van der Waals surface area contributed by atoms with Crippen LogP contribution in [0.25, 0.3) is 28.0 Å². The zero-order valence-corrected chi connectivity index (χ0v) is 12.4. The molecule has 0 fully saturated rings. The third-order valence-electron chi connectivity index (χ3n) is 3.91. The molecule has 0 unspecified atom stereocenters. The van der Waals surface area contributed by atoms with Gasteiger partial charge in [0.05, 0.1) is 0 Å². The van der Waals surface area contributed by atoms with Crippen molar-refractivity contribution in [3.8, 4) is 0 Å². The Morgan fingerprint density at radius 1 is 0.783 bits per heavy atom. The molecule has 4 rings (SSSR count). The van der Waals surface area contributed by atoms with E-state index >= 15 is 0 Å². The summed E-state index contributed by atoms with van der Waals surface area (Å²) in [6, 6.07) is 23.2. The van der Waals surface area contributed by atoms with Crippen molar-refractivity contribution in [2.24, 2.45) is 0 Å². The van der Waals surface area contributed by atoms with Crippen LogP contribution >= 0.6 is 0 Å². The summed E-state index contributed by atoms with van der Waals surface area (Å²) in [5, 5.41) is 2.15. The summed E-state index contributed by atoms with van der Waals surface area (Å²) < 4.78 is 5.96. The second-order valence-corrected chi connectivity index (χ2v) is 5.39. The molecule has 2 nitrogen and oxygen atoms in total. The number of hydrogen-bond donors (Lipinski definition) is 0. The van der Waals surface area contributed by atoms with Crippen LogP contribution in [-0.4, -0.2) is 5.78 Å². The minimum atomic E-state index is -0.0151. The average molecular weight is 298 g/mol. The molecule has 0 bridgehead atoms. The molecule has 0 amide bonds. The number of furan rings is 1. The second-order valence-electron chi connectivity index (χ2n) is 5.39. The number of carbonyl (C=O) groups excluding carboxylic acids is 1. The van der Waals surface area contributed by atoms with Crippen molar-refractivity contribution in [3.05, 3.63) is 90.0 Å². The Morgan fingerprint density at radius 2 is 1.52 bits per heavy atom. The van der Waals surface area contributed by atoms with E-state index in [1.807, 2.05) is 78.9 Å². The molecule has 0 saturated heterocycles. The lowest BCUT2D eigenvalue weighted by Crippen LogP contribution is -1.92. The predicted molar refractivity (Wildman–Crippen MR) is 93.5 cm³/mol. The van der Waals surface area contributed by atoms with Crippen molar-refractivity contribution < 1.29 is 9.21 Å². The molecular weight excluding hydrogens is 284 g/mol. The molecule has 0 spiro atoms. The molecule has 23 heavy (non-hydrogen) atoms. The van der Waals surface area contributed by atoms with Crippen LogP contribution in [0.15, 0.2) is 83.3 Å². The largest absolute Gasteiger partial charge is 0.455 e. The Hall–Kier alpha value is -3.13. The Labute approximate surface area is 133 Å². The number of benzene rings is 3. The zero-order chi connectivity index (χ0) is 15.6. The van der Waals surface area contributed by atoms with Crippen LogP contribution in [0.4, 0.5) is 0 Å². The molecule has 3 aromatic carbocycles. The molecule has 0 aliphatic carbocycles. The van der Waals surface area contributed by atoms with E-state index in [2.05, 4.69) is 0 Å². The molecule has 0 N–H and O–H groups in total. The predicted octanol–water partition coefficient (Wildman–Crippen LogP) is 5.48. The maximum Gasteiger partial charge on any atom is 0.185 e. The highest BCUT2D eigenvalue weighted by Crippen LogP contribution is 2.31. The highest BCUT2D eigenvalue weighted by molar-refractivity contribution is 6.10. The van der Waals surface area contributed by atoms with Gasteiger partial charge in [0.15, 0.2) is 5.78 Å². The molecule has 1 aromatic heterocycles. The normalized spacial score (nSPS) is 11.5. The molecule has 0 radical (unpaired) electrons. The number of carbonyl (C=O) groups is 1. The Bertz CT molecular complexity index is 1020. The topological polar surface area (TPSA) is 30.2 Å². The number of rotatable bonds is 3. The molecule has 110 valence electrons. The van der Waals surface area contributed by atoms with Gasteiger partial charge in [0.2, 0.25) is 0 Å². The number of fused-ring (bicyclic) bond motifs is 3. The minimum absolute atomic E-state index is 0.0151. The summed E-state index contributed by atoms with van der Waals surface area (Å²) in [4.78, 5) is 12.2. The quantitative estimate of drug-likeness (QED) is 0.370. The smallest absolute Gasteiger partial charge is 0.185 e. The Balaban J connectivity index is 1.77. The van der Waals surface area contributed by atoms with Crippen molar-refractivity contribution in [2.45, 2.75) is 0 Å². The SMILES string of the molecule is O=C(/C=C/c1cccc2c1oc1ccccc12)c1ccccc1. The van der Waals surface area contributed by atoms with Crippen molar-refractivity contribution in [2.75, 3.05) is 0 Å². The fraction of sp³-hybridized carbons (Fsp3) is 0. The van der Waals surface area contributed by atoms with Crippen molar-refractivity contribution >= 4 is 33.8 Å². The summed E-state index contributed by atoms with van der Waals surface area (Å²) in [5.74, 6) is -0.0151. The van der Waals surface area contributed by atoms with E-state index in [9.17, 15) is 4.79 Å². The summed E-state index contributed by atoms with van der Waals surface area (Å²) in [7, 11) is 0. The van der Waals surface area contributed by atoms with Crippen LogP contribution < -0.4 is 0 Å². The summed E-state index contributed by atoms with van der Waals surface area (Å²) in [5.41, 5.74) is 3.26. The average Bonchev–Trinajstić information content (AvgIpc) is 3.00. The Morgan fingerprint density at radius 3 is 2.39 bits per heavy atom.